The fraction of sp³-hybridized carbons (Fsp3) is 0.627. The number of nitrogens with zero attached hydrogens (tertiary/aromatic N) is 2. The lowest BCUT2D eigenvalue weighted by Crippen LogP contribution is -2.62. The van der Waals surface area contributed by atoms with E-state index in [0.29, 0.717) is 50.9 Å². The number of amides is 11. The quantitative estimate of drug-likeness (QED) is 0.0695. The highest BCUT2D eigenvalue weighted by Crippen LogP contribution is 2.35. The zero-order chi connectivity index (χ0) is 60.8. The fourth-order valence-corrected chi connectivity index (χ4v) is 11.8. The Hall–Kier alpha value is -7.36. The van der Waals surface area contributed by atoms with Crippen molar-refractivity contribution in [1.82, 2.24) is 62.6 Å². The Balaban J connectivity index is 1.46. The summed E-state index contributed by atoms with van der Waals surface area (Å²) in [5.74, 6) is -8.28. The number of likely N-dealkylation sites (tertiary alicyclic amines) is 1. The zero-order valence-electron chi connectivity index (χ0n) is 46.3. The number of primary amides is 1. The number of nitrogens with two attached hydrogens (primary N) is 2. The number of carbonyl (C=O) groups is 11. The molecule has 0 aliphatic carbocycles. The Bertz CT molecular complexity index is 2790. The van der Waals surface area contributed by atoms with Crippen molar-refractivity contribution in [1.29, 1.82) is 0 Å². The Labute approximate surface area is 479 Å². The van der Waals surface area contributed by atoms with Gasteiger partial charge in [0.2, 0.25) is 65.0 Å². The number of hydrogen-bond donors (Lipinski definition) is 16. The number of aromatic hydroxyl groups is 1. The summed E-state index contributed by atoms with van der Waals surface area (Å²) in [4.78, 5) is 161. The van der Waals surface area contributed by atoms with Gasteiger partial charge in [-0.2, -0.15) is 0 Å². The normalized spacial score (nSPS) is 26.1. The van der Waals surface area contributed by atoms with Gasteiger partial charge < -0.3 is 83.9 Å². The average Bonchev–Trinajstić information content (AvgIpc) is 3.26. The van der Waals surface area contributed by atoms with Crippen molar-refractivity contribution in [3.05, 3.63) is 23.3 Å². The maximum Gasteiger partial charge on any atom is 0.248 e. The number of fused-ring (bicyclic) bond motifs is 5. The van der Waals surface area contributed by atoms with Crippen molar-refractivity contribution < 1.29 is 82.2 Å². The van der Waals surface area contributed by atoms with Gasteiger partial charge in [0.15, 0.2) is 0 Å². The summed E-state index contributed by atoms with van der Waals surface area (Å²) in [5.41, 5.74) is 6.11. The number of rotatable bonds is 16. The molecule has 0 spiro atoms. The van der Waals surface area contributed by atoms with Crippen LogP contribution < -0.4 is 59.5 Å². The Kier molecular flexibility index (Phi) is 23.2. The summed E-state index contributed by atoms with van der Waals surface area (Å²) in [5, 5.41) is 66.0. The summed E-state index contributed by atoms with van der Waals surface area (Å²) in [7, 11) is -2.49. The molecule has 5 heterocycles. The van der Waals surface area contributed by atoms with Crippen molar-refractivity contribution in [2.45, 2.75) is 126 Å². The number of aromatic nitrogens is 1. The molecule has 1 unspecified atom stereocenters. The third kappa shape index (κ3) is 17.1. The smallest absolute Gasteiger partial charge is 0.248 e. The van der Waals surface area contributed by atoms with Gasteiger partial charge in [0.1, 0.15) is 53.6 Å². The van der Waals surface area contributed by atoms with Crippen molar-refractivity contribution in [2.24, 2.45) is 29.4 Å². The maximum absolute atomic E-state index is 15.3. The average molecular weight is 1190 g/mol. The fourth-order valence-electron chi connectivity index (χ4n) is 10.4. The van der Waals surface area contributed by atoms with Crippen LogP contribution in [0.4, 0.5) is 0 Å². The second kappa shape index (κ2) is 29.8. The first-order valence-electron chi connectivity index (χ1n) is 27.3. The van der Waals surface area contributed by atoms with Crippen molar-refractivity contribution in [2.75, 3.05) is 64.8 Å². The Morgan fingerprint density at radius 1 is 0.855 bits per heavy atom. The number of phenolic OH excluding ortho intramolecular Hbond substituents is 1. The molecule has 1 aromatic carbocycles. The monoisotopic (exact) mass is 1190 g/mol. The molecule has 2 bridgehead atoms. The van der Waals surface area contributed by atoms with Crippen LogP contribution in [0.25, 0.3) is 10.9 Å². The summed E-state index contributed by atoms with van der Waals surface area (Å²) in [6.45, 7) is 2.41. The number of benzene rings is 1. The minimum absolute atomic E-state index is 0.0516. The van der Waals surface area contributed by atoms with Crippen molar-refractivity contribution in [3.63, 3.8) is 0 Å². The van der Waals surface area contributed by atoms with Crippen LogP contribution in [0.5, 0.6) is 5.75 Å². The van der Waals surface area contributed by atoms with E-state index in [9.17, 15) is 73.2 Å². The van der Waals surface area contributed by atoms with Gasteiger partial charge in [-0.05, 0) is 61.9 Å². The number of aliphatic hydroxyl groups is 3. The van der Waals surface area contributed by atoms with Gasteiger partial charge in [-0.15, -0.1) is 0 Å². The highest BCUT2D eigenvalue weighted by atomic mass is 32.2. The molecule has 0 radical (unpaired) electrons. The summed E-state index contributed by atoms with van der Waals surface area (Å²) < 4.78 is 15.3. The minimum atomic E-state index is -2.49. The number of H-pyrrole nitrogens is 1. The molecule has 2 saturated heterocycles. The molecule has 32 heteroatoms. The summed E-state index contributed by atoms with van der Waals surface area (Å²) in [6, 6.07) is -7.46. The van der Waals surface area contributed by atoms with Crippen LogP contribution in [-0.4, -0.2) is 218 Å². The summed E-state index contributed by atoms with van der Waals surface area (Å²) in [6.07, 6.45) is -2.68. The molecule has 11 atom stereocenters. The van der Waals surface area contributed by atoms with E-state index in [0.717, 1.165) is 4.90 Å². The highest BCUT2D eigenvalue weighted by molar-refractivity contribution is 7.85. The van der Waals surface area contributed by atoms with E-state index in [1.165, 1.54) is 19.1 Å². The highest BCUT2D eigenvalue weighted by Gasteiger charge is 2.45. The van der Waals surface area contributed by atoms with Crippen molar-refractivity contribution in [3.8, 4) is 5.75 Å². The number of phenols is 1. The second-order valence-corrected chi connectivity index (χ2v) is 22.8. The van der Waals surface area contributed by atoms with E-state index in [2.05, 4.69) is 57.7 Å². The van der Waals surface area contributed by atoms with Gasteiger partial charge in [0.05, 0.1) is 66.9 Å². The van der Waals surface area contributed by atoms with Crippen LogP contribution >= 0.6 is 0 Å². The van der Waals surface area contributed by atoms with Crippen molar-refractivity contribution >= 4 is 86.7 Å². The molecule has 4 aliphatic heterocycles. The number of aliphatic hydroxyl groups excluding tert-OH is 3. The van der Waals surface area contributed by atoms with Crippen LogP contribution in [0, 0.1) is 17.8 Å². The Morgan fingerprint density at radius 3 is 2.20 bits per heavy atom. The number of nitrogens with one attached hydrogen (secondary N) is 10. The lowest BCUT2D eigenvalue weighted by molar-refractivity contribution is -0.144. The van der Waals surface area contributed by atoms with E-state index in [1.54, 1.807) is 13.8 Å². The van der Waals surface area contributed by atoms with E-state index in [1.807, 2.05) is 4.90 Å². The molecule has 6 rings (SSSR count). The molecule has 458 valence electrons. The molecule has 1 aromatic heterocycles. The first kappa shape index (κ1) is 64.8. The molecule has 0 saturated carbocycles. The molecule has 4 aliphatic rings. The standard InChI is InChI=1S/C51H76N14O17S/c1-4-24(2)42-48(78)57-17-39(72)58-33-23-83(81)50-29(28-5-6-35(68)30(44(28)63-50)20-64-11-8-26(9-12-64)7-10-54-38(71)16-55-41(74)22-82-53)14-31(45(75)56-18-40(73)61-42)59-49(79)43(25(3)36(69)21-66)62-47(77)34-13-27(67)19-65(34)51(80)32(15-37(52)70)60-46(33)76/h5-6,24-27,31-34,36,42-43,63,66-69H,4,7-23,53H2,1-3H3,(H2,52,70)(H,54,71)(H,55,74)(H,56,75)(H,57,78)(H,58,72)(H,59,79)(H,60,76)(H,61,73)(H,62,77)/t24-,25+,27+,31+,32-,33+,34-,36+,42-,43-,83?/m0/s1. The summed E-state index contributed by atoms with van der Waals surface area (Å²) >= 11 is 0. The zero-order valence-corrected chi connectivity index (χ0v) is 47.1. The molecule has 31 nitrogen and oxygen atoms in total. The minimum Gasteiger partial charge on any atom is -0.508 e. The predicted octanol–water partition coefficient (Wildman–Crippen LogP) is -7.20. The van der Waals surface area contributed by atoms with E-state index in [-0.39, 0.29) is 46.2 Å². The third-order valence-corrected chi connectivity index (χ3v) is 16.9. The maximum atomic E-state index is 15.3. The Morgan fingerprint density at radius 2 is 1.54 bits per heavy atom. The van der Waals surface area contributed by atoms with Gasteiger partial charge in [0, 0.05) is 49.3 Å². The van der Waals surface area contributed by atoms with Gasteiger partial charge in [0.25, 0.3) is 0 Å². The van der Waals surface area contributed by atoms with E-state index >= 15 is 4.21 Å². The van der Waals surface area contributed by atoms with E-state index < -0.39 is 194 Å². The number of piperidine rings is 1. The first-order chi connectivity index (χ1) is 39.4. The second-order valence-electron chi connectivity index (χ2n) is 21.4. The predicted molar refractivity (Wildman–Crippen MR) is 291 cm³/mol. The molecular formula is C51H76N14O17S. The van der Waals surface area contributed by atoms with Gasteiger partial charge >= 0.3 is 0 Å². The topological polar surface area (TPSA) is 478 Å². The molecule has 83 heavy (non-hydrogen) atoms. The van der Waals surface area contributed by atoms with Crippen LogP contribution in [0.2, 0.25) is 0 Å². The number of aromatic amines is 1. The van der Waals surface area contributed by atoms with Gasteiger partial charge in [-0.1, -0.05) is 27.2 Å². The number of hydrogen-bond acceptors (Lipinski definition) is 19. The molecular weight excluding hydrogens is 1110 g/mol. The SMILES string of the molecule is CC[C@H](C)[C@@H]1NC(=O)CNC(=O)[C@H]2Cc3c([nH]c4c(CN5CCC(CCNC(=O)CNC(=O)CON)CC5)c(O)ccc34)S(=O)C[C@@H](NC(=O)CNC1=O)C(=O)N[C@@H](CC(N)=O)C(=O)N1C[C@H](O)C[C@H]1C(=O)N[C@@H]([C@H](C)[C@H](O)CO)C(=O)N2. The third-order valence-electron chi connectivity index (χ3n) is 15.4. The largest absolute Gasteiger partial charge is 0.508 e. The lowest BCUT2D eigenvalue weighted by atomic mass is 9.93. The number of carbonyl (C=O) groups excluding carboxylic acids is 11. The van der Waals surface area contributed by atoms with Crippen LogP contribution in [-0.2, 0) is 81.3 Å². The van der Waals surface area contributed by atoms with Gasteiger partial charge in [-0.25, -0.2) is 5.90 Å². The van der Waals surface area contributed by atoms with Crippen LogP contribution in [0.3, 0.4) is 0 Å². The molecule has 18 N–H and O–H groups in total. The molecule has 2 fully saturated rings. The first-order valence-corrected chi connectivity index (χ1v) is 28.7. The van der Waals surface area contributed by atoms with Gasteiger partial charge in [-0.3, -0.25) is 66.7 Å². The molecule has 2 aromatic rings. The van der Waals surface area contributed by atoms with Crippen LogP contribution in [0.15, 0.2) is 17.2 Å². The lowest BCUT2D eigenvalue weighted by Gasteiger charge is -2.32. The molecule has 11 amide bonds. The van der Waals surface area contributed by atoms with E-state index in [4.69, 9.17) is 11.6 Å². The van der Waals surface area contributed by atoms with Crippen LogP contribution in [0.1, 0.15) is 70.4 Å².